The maximum absolute atomic E-state index is 11.9. The normalized spacial score (nSPS) is 27.1. The van der Waals surface area contributed by atoms with Crippen LogP contribution in [0, 0.1) is 0 Å². The first-order chi connectivity index (χ1) is 10.2. The molecule has 2 fully saturated rings. The van der Waals surface area contributed by atoms with Gasteiger partial charge in [0, 0.05) is 6.42 Å². The zero-order valence-electron chi connectivity index (χ0n) is 14.2. The third kappa shape index (κ3) is 5.23. The minimum atomic E-state index is -0.378. The summed E-state index contributed by atoms with van der Waals surface area (Å²) >= 11 is 0. The fourth-order valence-corrected chi connectivity index (χ4v) is 2.92. The molecule has 2 rings (SSSR count). The zero-order valence-corrected chi connectivity index (χ0v) is 14.2. The summed E-state index contributed by atoms with van der Waals surface area (Å²) in [4.78, 5) is 11.9. The average molecular weight is 296 g/mol. The van der Waals surface area contributed by atoms with E-state index in [2.05, 4.69) is 19.9 Å². The molecule has 21 heavy (non-hydrogen) atoms. The Bertz CT molecular complexity index is 342. The smallest absolute Gasteiger partial charge is 0.168 e. The Morgan fingerprint density at radius 3 is 2.43 bits per heavy atom. The van der Waals surface area contributed by atoms with Crippen LogP contribution in [-0.4, -0.2) is 24.3 Å². The molecule has 0 spiro atoms. The average Bonchev–Trinajstić information content (AvgIpc) is 2.85. The van der Waals surface area contributed by atoms with Gasteiger partial charge in [-0.3, -0.25) is 4.79 Å². The SMILES string of the molecule is CC.CCC1(CC)OCC(C/C=C2/CCCCCC2=O)O1. The molecule has 1 saturated carbocycles. The van der Waals surface area contributed by atoms with Gasteiger partial charge < -0.3 is 9.47 Å². The summed E-state index contributed by atoms with van der Waals surface area (Å²) in [6.45, 7) is 8.85. The first kappa shape index (κ1) is 18.4. The van der Waals surface area contributed by atoms with Crippen LogP contribution in [0.2, 0.25) is 0 Å². The van der Waals surface area contributed by atoms with Crippen LogP contribution in [0.5, 0.6) is 0 Å². The summed E-state index contributed by atoms with van der Waals surface area (Å²) in [7, 11) is 0. The molecule has 1 heterocycles. The quantitative estimate of drug-likeness (QED) is 0.552. The lowest BCUT2D eigenvalue weighted by Crippen LogP contribution is -2.28. The Labute approximate surface area is 130 Å². The summed E-state index contributed by atoms with van der Waals surface area (Å²) in [6.07, 6.45) is 9.84. The van der Waals surface area contributed by atoms with Crippen LogP contribution >= 0.6 is 0 Å². The molecule has 2 aliphatic rings. The van der Waals surface area contributed by atoms with E-state index in [4.69, 9.17) is 9.47 Å². The molecule has 1 aliphatic carbocycles. The van der Waals surface area contributed by atoms with E-state index in [0.717, 1.165) is 50.5 Å². The molecule has 1 aliphatic heterocycles. The van der Waals surface area contributed by atoms with Crippen molar-refractivity contribution in [2.45, 2.75) is 91.0 Å². The molecule has 0 bridgehead atoms. The highest BCUT2D eigenvalue weighted by Crippen LogP contribution is 2.32. The van der Waals surface area contributed by atoms with Crippen LogP contribution in [0.4, 0.5) is 0 Å². The van der Waals surface area contributed by atoms with Crippen LogP contribution in [-0.2, 0) is 14.3 Å². The van der Waals surface area contributed by atoms with Crippen molar-refractivity contribution in [2.24, 2.45) is 0 Å². The van der Waals surface area contributed by atoms with Crippen molar-refractivity contribution in [3.8, 4) is 0 Å². The highest BCUT2D eigenvalue weighted by atomic mass is 16.7. The first-order valence-corrected chi connectivity index (χ1v) is 8.73. The van der Waals surface area contributed by atoms with E-state index < -0.39 is 0 Å². The Morgan fingerprint density at radius 2 is 1.81 bits per heavy atom. The van der Waals surface area contributed by atoms with Gasteiger partial charge in [-0.25, -0.2) is 0 Å². The van der Waals surface area contributed by atoms with Crippen molar-refractivity contribution in [1.29, 1.82) is 0 Å². The molecule has 3 heteroatoms. The summed E-state index contributed by atoms with van der Waals surface area (Å²) < 4.78 is 11.8. The number of ketones is 1. The van der Waals surface area contributed by atoms with E-state index in [1.54, 1.807) is 0 Å². The van der Waals surface area contributed by atoms with Gasteiger partial charge in [-0.1, -0.05) is 40.2 Å². The highest BCUT2D eigenvalue weighted by molar-refractivity contribution is 5.95. The Kier molecular flexibility index (Phi) is 8.20. The van der Waals surface area contributed by atoms with Crippen LogP contribution in [0.15, 0.2) is 11.6 Å². The molecule has 0 aromatic carbocycles. The lowest BCUT2D eigenvalue weighted by molar-refractivity contribution is -0.171. The second-order valence-electron chi connectivity index (χ2n) is 5.62. The van der Waals surface area contributed by atoms with Gasteiger partial charge in [0.2, 0.25) is 0 Å². The summed E-state index contributed by atoms with van der Waals surface area (Å²) in [5, 5.41) is 0. The molecule has 122 valence electrons. The van der Waals surface area contributed by atoms with E-state index in [9.17, 15) is 4.79 Å². The molecule has 1 atom stereocenters. The lowest BCUT2D eigenvalue weighted by Gasteiger charge is -2.24. The van der Waals surface area contributed by atoms with Crippen molar-refractivity contribution in [3.63, 3.8) is 0 Å². The van der Waals surface area contributed by atoms with Gasteiger partial charge >= 0.3 is 0 Å². The van der Waals surface area contributed by atoms with Crippen molar-refractivity contribution in [1.82, 2.24) is 0 Å². The number of rotatable bonds is 4. The number of hydrogen-bond donors (Lipinski definition) is 0. The standard InChI is InChI=1S/C16H26O3.C2H6/c1-3-16(4-2)18-12-14(19-16)11-10-13-8-6-5-7-9-15(13)17;1-2/h10,14H,3-9,11-12H2,1-2H3;1-2H3/b13-10-;. The second kappa shape index (κ2) is 9.37. The largest absolute Gasteiger partial charge is 0.347 e. The van der Waals surface area contributed by atoms with Gasteiger partial charge in [0.25, 0.3) is 0 Å². The molecule has 0 radical (unpaired) electrons. The lowest BCUT2D eigenvalue weighted by atomic mass is 10.0. The molecule has 0 amide bonds. The fourth-order valence-electron chi connectivity index (χ4n) is 2.92. The van der Waals surface area contributed by atoms with E-state index in [1.165, 1.54) is 6.42 Å². The van der Waals surface area contributed by atoms with Gasteiger partial charge in [-0.05, 0) is 44.1 Å². The van der Waals surface area contributed by atoms with Crippen molar-refractivity contribution >= 4 is 5.78 Å². The number of carbonyl (C=O) groups is 1. The predicted octanol–water partition coefficient (Wildman–Crippen LogP) is 4.79. The molecular weight excluding hydrogens is 264 g/mol. The van der Waals surface area contributed by atoms with E-state index in [1.807, 2.05) is 13.8 Å². The van der Waals surface area contributed by atoms with Crippen molar-refractivity contribution in [3.05, 3.63) is 11.6 Å². The summed E-state index contributed by atoms with van der Waals surface area (Å²) in [5.74, 6) is -0.0370. The van der Waals surface area contributed by atoms with Crippen LogP contribution in [0.1, 0.15) is 79.1 Å². The van der Waals surface area contributed by atoms with E-state index in [0.29, 0.717) is 12.4 Å². The third-order valence-corrected chi connectivity index (χ3v) is 4.33. The van der Waals surface area contributed by atoms with Gasteiger partial charge in [0.15, 0.2) is 11.6 Å². The topological polar surface area (TPSA) is 35.5 Å². The van der Waals surface area contributed by atoms with Crippen molar-refractivity contribution in [2.75, 3.05) is 6.61 Å². The second-order valence-corrected chi connectivity index (χ2v) is 5.62. The number of ether oxygens (including phenoxy) is 2. The number of Topliss-reactive ketones (excluding diaryl/α,β-unsaturated/α-hetero) is 1. The maximum Gasteiger partial charge on any atom is 0.168 e. The molecule has 1 saturated heterocycles. The molecule has 1 unspecified atom stereocenters. The highest BCUT2D eigenvalue weighted by Gasteiger charge is 2.37. The van der Waals surface area contributed by atoms with Gasteiger partial charge in [-0.2, -0.15) is 0 Å². The summed E-state index contributed by atoms with van der Waals surface area (Å²) in [6, 6.07) is 0. The predicted molar refractivity (Wildman–Crippen MR) is 86.3 cm³/mol. The van der Waals surface area contributed by atoms with Crippen LogP contribution in [0.3, 0.4) is 0 Å². The number of carbonyl (C=O) groups excluding carboxylic acids is 1. The minimum absolute atomic E-state index is 0.114. The molecular formula is C18H32O3. The van der Waals surface area contributed by atoms with E-state index in [-0.39, 0.29) is 11.9 Å². The number of hydrogen-bond acceptors (Lipinski definition) is 3. The van der Waals surface area contributed by atoms with Crippen LogP contribution < -0.4 is 0 Å². The van der Waals surface area contributed by atoms with Gasteiger partial charge in [0.1, 0.15) is 0 Å². The monoisotopic (exact) mass is 296 g/mol. The summed E-state index contributed by atoms with van der Waals surface area (Å²) in [5.41, 5.74) is 1.02. The van der Waals surface area contributed by atoms with Crippen LogP contribution in [0.25, 0.3) is 0 Å². The molecule has 0 aromatic heterocycles. The molecule has 3 nitrogen and oxygen atoms in total. The molecule has 0 aromatic rings. The van der Waals surface area contributed by atoms with Crippen molar-refractivity contribution < 1.29 is 14.3 Å². The minimum Gasteiger partial charge on any atom is -0.347 e. The van der Waals surface area contributed by atoms with Gasteiger partial charge in [-0.15, -0.1) is 0 Å². The zero-order chi connectivity index (χ0) is 15.7. The third-order valence-electron chi connectivity index (χ3n) is 4.33. The molecule has 0 N–H and O–H groups in total. The van der Waals surface area contributed by atoms with E-state index >= 15 is 0 Å². The Morgan fingerprint density at radius 1 is 1.14 bits per heavy atom. The Balaban J connectivity index is 0.00000106. The fraction of sp³-hybridized carbons (Fsp3) is 0.833. The Hall–Kier alpha value is -0.670. The maximum atomic E-state index is 11.9. The first-order valence-electron chi connectivity index (χ1n) is 8.73. The van der Waals surface area contributed by atoms with Gasteiger partial charge in [0.05, 0.1) is 12.7 Å². The number of allylic oxidation sites excluding steroid dienone is 1.